The Bertz CT molecular complexity index is 1400. The summed E-state index contributed by atoms with van der Waals surface area (Å²) in [6.45, 7) is 5.85. The average molecular weight is 602 g/mol. The van der Waals surface area contributed by atoms with E-state index in [1.54, 1.807) is 62.6 Å². The number of carbonyl (C=O) groups excluding carboxylic acids is 2. The van der Waals surface area contributed by atoms with Crippen LogP contribution in [0.4, 0.5) is 5.69 Å². The molecule has 0 radical (unpaired) electrons. The molecular formula is C30H36ClN3O6S. The molecule has 3 rings (SSSR count). The second-order valence-electron chi connectivity index (χ2n) is 9.08. The van der Waals surface area contributed by atoms with Gasteiger partial charge in [-0.15, -0.1) is 0 Å². The molecule has 9 nitrogen and oxygen atoms in total. The molecule has 0 heterocycles. The number of rotatable bonds is 14. The van der Waals surface area contributed by atoms with Crippen molar-refractivity contribution >= 4 is 39.1 Å². The summed E-state index contributed by atoms with van der Waals surface area (Å²) in [5.74, 6) is 0.364. The third kappa shape index (κ3) is 8.14. The number of benzene rings is 3. The standard InChI is InChI=1S/C30H36ClN3O6S/c1-5-28(30(36)32-6-2)33(20-22-8-14-25(39-4)15-9-22)29(35)21-34(24-12-16-26(17-13-24)40-7-3)41(37,38)27-18-10-23(31)11-19-27/h8-19,28H,5-7,20-21H2,1-4H3,(H,32,36). The molecule has 3 aromatic rings. The molecule has 0 saturated heterocycles. The molecule has 0 aliphatic rings. The van der Waals surface area contributed by atoms with Crippen molar-refractivity contribution in [3.63, 3.8) is 0 Å². The van der Waals surface area contributed by atoms with Crippen LogP contribution in [0.25, 0.3) is 0 Å². The lowest BCUT2D eigenvalue weighted by Crippen LogP contribution is -2.52. The highest BCUT2D eigenvalue weighted by atomic mass is 35.5. The normalized spacial score (nSPS) is 11.8. The monoisotopic (exact) mass is 601 g/mol. The van der Waals surface area contributed by atoms with E-state index in [-0.39, 0.29) is 23.0 Å². The lowest BCUT2D eigenvalue weighted by molar-refractivity contribution is -0.140. The van der Waals surface area contributed by atoms with Crippen molar-refractivity contribution in [3.05, 3.63) is 83.4 Å². The Hall–Kier alpha value is -3.76. The molecule has 0 saturated carbocycles. The summed E-state index contributed by atoms with van der Waals surface area (Å²) in [5.41, 5.74) is 1.03. The van der Waals surface area contributed by atoms with Crippen molar-refractivity contribution in [2.24, 2.45) is 0 Å². The maximum atomic E-state index is 14.0. The summed E-state index contributed by atoms with van der Waals surface area (Å²) >= 11 is 6.00. The van der Waals surface area contributed by atoms with Gasteiger partial charge in [0, 0.05) is 18.1 Å². The molecule has 11 heteroatoms. The van der Waals surface area contributed by atoms with E-state index >= 15 is 0 Å². The van der Waals surface area contributed by atoms with Gasteiger partial charge in [-0.05, 0) is 86.5 Å². The van der Waals surface area contributed by atoms with Crippen molar-refractivity contribution in [3.8, 4) is 11.5 Å². The van der Waals surface area contributed by atoms with Crippen molar-refractivity contribution in [1.29, 1.82) is 0 Å². The highest BCUT2D eigenvalue weighted by Crippen LogP contribution is 2.27. The molecule has 0 aliphatic carbocycles. The van der Waals surface area contributed by atoms with Gasteiger partial charge in [-0.25, -0.2) is 8.42 Å². The number of nitrogens with one attached hydrogen (secondary N) is 1. The first-order valence-corrected chi connectivity index (χ1v) is 15.2. The SMILES string of the molecule is CCNC(=O)C(CC)N(Cc1ccc(OC)cc1)C(=O)CN(c1ccc(OCC)cc1)S(=O)(=O)c1ccc(Cl)cc1. The van der Waals surface area contributed by atoms with E-state index in [2.05, 4.69) is 5.32 Å². The topological polar surface area (TPSA) is 105 Å². The Morgan fingerprint density at radius 3 is 2.05 bits per heavy atom. The van der Waals surface area contributed by atoms with E-state index < -0.39 is 28.5 Å². The maximum Gasteiger partial charge on any atom is 0.264 e. The Balaban J connectivity index is 2.05. The lowest BCUT2D eigenvalue weighted by Gasteiger charge is -2.33. The summed E-state index contributed by atoms with van der Waals surface area (Å²) < 4.78 is 39.6. The third-order valence-electron chi connectivity index (χ3n) is 6.37. The number of carbonyl (C=O) groups is 2. The van der Waals surface area contributed by atoms with Gasteiger partial charge in [0.2, 0.25) is 11.8 Å². The van der Waals surface area contributed by atoms with Crippen LogP contribution in [-0.4, -0.2) is 58.0 Å². The van der Waals surface area contributed by atoms with Crippen LogP contribution in [0, 0.1) is 0 Å². The minimum absolute atomic E-state index is 0.0268. The number of halogens is 1. The van der Waals surface area contributed by atoms with Crippen LogP contribution < -0.4 is 19.1 Å². The molecule has 0 aromatic heterocycles. The van der Waals surface area contributed by atoms with E-state index in [4.69, 9.17) is 21.1 Å². The number of sulfonamides is 1. The number of nitrogens with zero attached hydrogens (tertiary/aromatic N) is 2. The van der Waals surface area contributed by atoms with Gasteiger partial charge >= 0.3 is 0 Å². The summed E-state index contributed by atoms with van der Waals surface area (Å²) in [7, 11) is -2.64. The van der Waals surface area contributed by atoms with Gasteiger partial charge in [0.05, 0.1) is 24.3 Å². The fourth-order valence-corrected chi connectivity index (χ4v) is 5.82. The number of methoxy groups -OCH3 is 1. The summed E-state index contributed by atoms with van der Waals surface area (Å²) in [6, 6.07) is 18.5. The van der Waals surface area contributed by atoms with E-state index in [1.165, 1.54) is 29.2 Å². The maximum absolute atomic E-state index is 14.0. The number of ether oxygens (including phenoxy) is 2. The molecule has 2 amide bonds. The number of amides is 2. The van der Waals surface area contributed by atoms with E-state index in [1.807, 2.05) is 13.8 Å². The molecular weight excluding hydrogens is 566 g/mol. The molecule has 41 heavy (non-hydrogen) atoms. The van der Waals surface area contributed by atoms with E-state index in [9.17, 15) is 18.0 Å². The first-order valence-electron chi connectivity index (χ1n) is 13.4. The van der Waals surface area contributed by atoms with Crippen LogP contribution in [0.15, 0.2) is 77.7 Å². The van der Waals surface area contributed by atoms with Crippen molar-refractivity contribution < 1.29 is 27.5 Å². The quantitative estimate of drug-likeness (QED) is 0.282. The van der Waals surface area contributed by atoms with Crippen molar-refractivity contribution in [2.45, 2.75) is 44.7 Å². The van der Waals surface area contributed by atoms with Gasteiger partial charge in [0.1, 0.15) is 24.1 Å². The van der Waals surface area contributed by atoms with Crippen molar-refractivity contribution in [2.75, 3.05) is 31.1 Å². The third-order valence-corrected chi connectivity index (χ3v) is 8.41. The van der Waals surface area contributed by atoms with Gasteiger partial charge in [-0.2, -0.15) is 0 Å². The van der Waals surface area contributed by atoms with Crippen LogP contribution in [0.5, 0.6) is 11.5 Å². The molecule has 3 aromatic carbocycles. The second-order valence-corrected chi connectivity index (χ2v) is 11.4. The molecule has 1 N–H and O–H groups in total. The minimum Gasteiger partial charge on any atom is -0.497 e. The fraction of sp³-hybridized carbons (Fsp3) is 0.333. The minimum atomic E-state index is -4.20. The predicted octanol–water partition coefficient (Wildman–Crippen LogP) is 4.89. The zero-order valence-corrected chi connectivity index (χ0v) is 25.2. The summed E-state index contributed by atoms with van der Waals surface area (Å²) in [4.78, 5) is 28.5. The largest absolute Gasteiger partial charge is 0.497 e. The van der Waals surface area contributed by atoms with Crippen molar-refractivity contribution in [1.82, 2.24) is 10.2 Å². The first-order chi connectivity index (χ1) is 19.6. The zero-order valence-electron chi connectivity index (χ0n) is 23.7. The van der Waals surface area contributed by atoms with Gasteiger partial charge in [-0.3, -0.25) is 13.9 Å². The molecule has 220 valence electrons. The smallest absolute Gasteiger partial charge is 0.264 e. The Labute approximate surface area is 247 Å². The van der Waals surface area contributed by atoms with Crippen LogP contribution in [0.1, 0.15) is 32.8 Å². The Morgan fingerprint density at radius 2 is 1.51 bits per heavy atom. The molecule has 0 bridgehead atoms. The second kappa shape index (κ2) is 14.7. The highest BCUT2D eigenvalue weighted by molar-refractivity contribution is 7.92. The fourth-order valence-electron chi connectivity index (χ4n) is 4.28. The Kier molecular flexibility index (Phi) is 11.4. The molecule has 1 unspecified atom stereocenters. The average Bonchev–Trinajstić information content (AvgIpc) is 2.97. The molecule has 0 aliphatic heterocycles. The van der Waals surface area contributed by atoms with Crippen LogP contribution >= 0.6 is 11.6 Å². The van der Waals surface area contributed by atoms with Gasteiger partial charge < -0.3 is 19.7 Å². The van der Waals surface area contributed by atoms with Gasteiger partial charge in [0.15, 0.2) is 0 Å². The Morgan fingerprint density at radius 1 is 0.902 bits per heavy atom. The van der Waals surface area contributed by atoms with E-state index in [0.717, 1.165) is 9.87 Å². The van der Waals surface area contributed by atoms with Crippen LogP contribution in [0.2, 0.25) is 5.02 Å². The highest BCUT2D eigenvalue weighted by Gasteiger charge is 2.33. The number of anilines is 1. The number of hydrogen-bond donors (Lipinski definition) is 1. The molecule has 1 atom stereocenters. The first kappa shape index (κ1) is 31.8. The summed E-state index contributed by atoms with van der Waals surface area (Å²) in [5, 5.41) is 3.17. The van der Waals surface area contributed by atoms with Gasteiger partial charge in [-0.1, -0.05) is 30.7 Å². The summed E-state index contributed by atoms with van der Waals surface area (Å²) in [6.07, 6.45) is 0.334. The predicted molar refractivity (Wildman–Crippen MR) is 160 cm³/mol. The van der Waals surface area contributed by atoms with Crippen LogP contribution in [-0.2, 0) is 26.2 Å². The van der Waals surface area contributed by atoms with Gasteiger partial charge in [0.25, 0.3) is 10.0 Å². The molecule has 0 spiro atoms. The number of likely N-dealkylation sites (N-methyl/N-ethyl adjacent to an activating group) is 1. The lowest BCUT2D eigenvalue weighted by atomic mass is 10.1. The number of hydrogen-bond acceptors (Lipinski definition) is 6. The van der Waals surface area contributed by atoms with E-state index in [0.29, 0.717) is 36.1 Å². The van der Waals surface area contributed by atoms with Crippen LogP contribution in [0.3, 0.4) is 0 Å². The molecule has 0 fully saturated rings. The zero-order chi connectivity index (χ0) is 30.0.